The zero-order valence-electron chi connectivity index (χ0n) is 11.5. The van der Waals surface area contributed by atoms with Gasteiger partial charge in [-0.3, -0.25) is 4.90 Å². The predicted octanol–water partition coefficient (Wildman–Crippen LogP) is 1.03. The molecule has 2 rings (SSSR count). The van der Waals surface area contributed by atoms with E-state index in [2.05, 4.69) is 33.8 Å². The smallest absolute Gasteiger partial charge is 0.161 e. The molecule has 19 heavy (non-hydrogen) atoms. The van der Waals surface area contributed by atoms with E-state index in [1.807, 2.05) is 6.07 Å². The summed E-state index contributed by atoms with van der Waals surface area (Å²) in [6, 6.07) is 2.42. The molecule has 1 atom stereocenters. The summed E-state index contributed by atoms with van der Waals surface area (Å²) in [5, 5.41) is 8.18. The Morgan fingerprint density at radius 1 is 1.53 bits per heavy atom. The van der Waals surface area contributed by atoms with Crippen molar-refractivity contribution in [2.75, 3.05) is 31.1 Å². The Hall–Kier alpha value is -1.27. The van der Waals surface area contributed by atoms with Gasteiger partial charge in [0.15, 0.2) is 5.82 Å². The average molecular weight is 279 g/mol. The molecule has 0 saturated carbocycles. The van der Waals surface area contributed by atoms with Crippen LogP contribution in [0, 0.1) is 0 Å². The molecule has 1 aromatic heterocycles. The van der Waals surface area contributed by atoms with E-state index in [0.29, 0.717) is 11.0 Å². The van der Waals surface area contributed by atoms with Gasteiger partial charge in [0.05, 0.1) is 11.8 Å². The van der Waals surface area contributed by atoms with Crippen LogP contribution in [-0.2, 0) is 0 Å². The van der Waals surface area contributed by atoms with Crippen molar-refractivity contribution in [2.45, 2.75) is 26.3 Å². The Labute approximate surface area is 119 Å². The van der Waals surface area contributed by atoms with Gasteiger partial charge in [0.25, 0.3) is 0 Å². The summed E-state index contributed by atoms with van der Waals surface area (Å²) >= 11 is 5.08. The minimum Gasteiger partial charge on any atom is -0.389 e. The third-order valence-corrected chi connectivity index (χ3v) is 3.98. The highest BCUT2D eigenvalue weighted by atomic mass is 32.1. The molecule has 2 N–H and O–H groups in total. The molecule has 0 radical (unpaired) electrons. The second-order valence-electron chi connectivity index (χ2n) is 4.74. The topological polar surface area (TPSA) is 58.3 Å². The number of thiocarbonyl (C=S) groups is 1. The predicted molar refractivity (Wildman–Crippen MR) is 81.5 cm³/mol. The lowest BCUT2D eigenvalue weighted by Gasteiger charge is -2.26. The minimum absolute atomic E-state index is 0.385. The molecule has 6 heteroatoms. The van der Waals surface area contributed by atoms with Gasteiger partial charge in [-0.1, -0.05) is 26.1 Å². The number of likely N-dealkylation sites (N-methyl/N-ethyl adjacent to an activating group) is 1. The number of rotatable bonds is 5. The van der Waals surface area contributed by atoms with Crippen LogP contribution in [0.5, 0.6) is 0 Å². The van der Waals surface area contributed by atoms with Gasteiger partial charge < -0.3 is 10.6 Å². The van der Waals surface area contributed by atoms with Crippen molar-refractivity contribution < 1.29 is 0 Å². The lowest BCUT2D eigenvalue weighted by molar-refractivity contribution is 0.232. The van der Waals surface area contributed by atoms with Gasteiger partial charge in [0, 0.05) is 19.1 Å². The Morgan fingerprint density at radius 2 is 2.26 bits per heavy atom. The maximum Gasteiger partial charge on any atom is 0.161 e. The van der Waals surface area contributed by atoms with E-state index in [0.717, 1.165) is 44.0 Å². The second-order valence-corrected chi connectivity index (χ2v) is 5.18. The van der Waals surface area contributed by atoms with Gasteiger partial charge in [0.1, 0.15) is 4.99 Å². The van der Waals surface area contributed by atoms with Gasteiger partial charge in [-0.2, -0.15) is 5.10 Å². The van der Waals surface area contributed by atoms with Crippen molar-refractivity contribution in [3.8, 4) is 0 Å². The number of aromatic nitrogens is 2. The van der Waals surface area contributed by atoms with Crippen molar-refractivity contribution in [2.24, 2.45) is 5.73 Å². The first-order valence-electron chi connectivity index (χ1n) is 6.77. The second kappa shape index (κ2) is 6.25. The Morgan fingerprint density at radius 3 is 2.89 bits per heavy atom. The van der Waals surface area contributed by atoms with Crippen molar-refractivity contribution in [3.05, 3.63) is 17.8 Å². The Balaban J connectivity index is 2.15. The lowest BCUT2D eigenvalue weighted by atomic mass is 10.2. The molecule has 5 nitrogen and oxygen atoms in total. The number of hydrogen-bond acceptors (Lipinski definition) is 5. The highest BCUT2D eigenvalue weighted by Crippen LogP contribution is 2.23. The monoisotopic (exact) mass is 279 g/mol. The van der Waals surface area contributed by atoms with Crippen LogP contribution in [0.25, 0.3) is 0 Å². The lowest BCUT2D eigenvalue weighted by Crippen LogP contribution is -2.37. The summed E-state index contributed by atoms with van der Waals surface area (Å²) in [4.78, 5) is 5.11. The molecule has 0 spiro atoms. The molecule has 0 amide bonds. The largest absolute Gasteiger partial charge is 0.389 e. The van der Waals surface area contributed by atoms with Gasteiger partial charge >= 0.3 is 0 Å². The number of anilines is 1. The zero-order valence-corrected chi connectivity index (χ0v) is 12.4. The molecular formula is C13H21N5S. The first-order chi connectivity index (χ1) is 9.17. The standard InChI is InChI=1S/C13H21N5S/c1-3-17(4-2)10-6-8-18(9-10)13-11(12(14)19)5-7-15-16-13/h5,7,10H,3-4,6,8-9H2,1-2H3,(H2,14,19). The molecule has 2 heterocycles. The van der Waals surface area contributed by atoms with Crippen LogP contribution in [0.3, 0.4) is 0 Å². The quantitative estimate of drug-likeness (QED) is 0.813. The first kappa shape index (κ1) is 14.1. The summed E-state index contributed by atoms with van der Waals surface area (Å²) in [6.45, 7) is 8.52. The normalized spacial score (nSPS) is 19.1. The third-order valence-electron chi connectivity index (χ3n) is 3.76. The zero-order chi connectivity index (χ0) is 13.8. The fourth-order valence-corrected chi connectivity index (χ4v) is 2.88. The summed E-state index contributed by atoms with van der Waals surface area (Å²) in [5.74, 6) is 0.824. The van der Waals surface area contributed by atoms with Crippen molar-refractivity contribution >= 4 is 23.0 Å². The van der Waals surface area contributed by atoms with E-state index in [1.165, 1.54) is 0 Å². The number of nitrogens with two attached hydrogens (primary N) is 1. The number of hydrogen-bond donors (Lipinski definition) is 1. The molecule has 1 aliphatic rings. The van der Waals surface area contributed by atoms with Crippen molar-refractivity contribution in [1.82, 2.24) is 15.1 Å². The Kier molecular flexibility index (Phi) is 4.66. The molecular weight excluding hydrogens is 258 g/mol. The molecule has 0 bridgehead atoms. The summed E-state index contributed by atoms with van der Waals surface area (Å²) in [7, 11) is 0. The molecule has 1 unspecified atom stereocenters. The van der Waals surface area contributed by atoms with Crippen molar-refractivity contribution in [1.29, 1.82) is 0 Å². The highest BCUT2D eigenvalue weighted by Gasteiger charge is 2.28. The van der Waals surface area contributed by atoms with Gasteiger partial charge in [0.2, 0.25) is 0 Å². The van der Waals surface area contributed by atoms with E-state index in [-0.39, 0.29) is 0 Å². The van der Waals surface area contributed by atoms with Crippen molar-refractivity contribution in [3.63, 3.8) is 0 Å². The van der Waals surface area contributed by atoms with Gasteiger partial charge in [-0.15, -0.1) is 5.10 Å². The van der Waals surface area contributed by atoms with Crippen LogP contribution in [0.15, 0.2) is 12.3 Å². The molecule has 0 aliphatic carbocycles. The van der Waals surface area contributed by atoms with Crippen LogP contribution in [0.4, 0.5) is 5.82 Å². The van der Waals surface area contributed by atoms with E-state index < -0.39 is 0 Å². The minimum atomic E-state index is 0.385. The van der Waals surface area contributed by atoms with E-state index in [1.54, 1.807) is 6.20 Å². The maximum absolute atomic E-state index is 5.76. The van der Waals surface area contributed by atoms with Crippen LogP contribution in [0.1, 0.15) is 25.8 Å². The van der Waals surface area contributed by atoms with Gasteiger partial charge in [-0.25, -0.2) is 0 Å². The first-order valence-corrected chi connectivity index (χ1v) is 7.18. The van der Waals surface area contributed by atoms with Crippen LogP contribution in [0.2, 0.25) is 0 Å². The maximum atomic E-state index is 5.76. The van der Waals surface area contributed by atoms with E-state index in [4.69, 9.17) is 18.0 Å². The van der Waals surface area contributed by atoms with E-state index in [9.17, 15) is 0 Å². The average Bonchev–Trinajstić information content (AvgIpc) is 2.89. The van der Waals surface area contributed by atoms with Crippen LogP contribution in [-0.4, -0.2) is 52.3 Å². The molecule has 1 fully saturated rings. The number of nitrogens with zero attached hydrogens (tertiary/aromatic N) is 4. The molecule has 1 aliphatic heterocycles. The summed E-state index contributed by atoms with van der Waals surface area (Å²) in [6.07, 6.45) is 2.78. The molecule has 0 aromatic carbocycles. The summed E-state index contributed by atoms with van der Waals surface area (Å²) in [5.41, 5.74) is 6.58. The summed E-state index contributed by atoms with van der Waals surface area (Å²) < 4.78 is 0. The molecule has 104 valence electrons. The molecule has 1 saturated heterocycles. The SMILES string of the molecule is CCN(CC)C1CCN(c2nnccc2C(N)=S)C1. The highest BCUT2D eigenvalue weighted by molar-refractivity contribution is 7.80. The fourth-order valence-electron chi connectivity index (χ4n) is 2.72. The van der Waals surface area contributed by atoms with Crippen LogP contribution < -0.4 is 10.6 Å². The fraction of sp³-hybridized carbons (Fsp3) is 0.615. The molecule has 1 aromatic rings. The Bertz CT molecular complexity index is 446. The van der Waals surface area contributed by atoms with Gasteiger partial charge in [-0.05, 0) is 25.6 Å². The third kappa shape index (κ3) is 3.01. The van der Waals surface area contributed by atoms with Crippen LogP contribution >= 0.6 is 12.2 Å². The van der Waals surface area contributed by atoms with E-state index >= 15 is 0 Å².